The molecule has 1 N–H and O–H groups in total. The van der Waals surface area contributed by atoms with E-state index in [0.717, 1.165) is 5.56 Å². The number of carbonyl (C=O) groups excluding carboxylic acids is 1. The zero-order valence-electron chi connectivity index (χ0n) is 11.7. The summed E-state index contributed by atoms with van der Waals surface area (Å²) >= 11 is 0. The van der Waals surface area contributed by atoms with Gasteiger partial charge in [0, 0.05) is 24.1 Å². The van der Waals surface area contributed by atoms with Gasteiger partial charge in [-0.25, -0.2) is 0 Å². The summed E-state index contributed by atoms with van der Waals surface area (Å²) in [4.78, 5) is 14.4. The van der Waals surface area contributed by atoms with Crippen LogP contribution >= 0.6 is 0 Å². The van der Waals surface area contributed by atoms with Crippen molar-refractivity contribution < 1.29 is 9.90 Å². The van der Waals surface area contributed by atoms with Crippen molar-refractivity contribution >= 4 is 5.78 Å². The van der Waals surface area contributed by atoms with Crippen LogP contribution in [0.3, 0.4) is 0 Å². The number of ketones is 1. The number of carbonyl (C=O) groups is 1. The number of likely N-dealkylation sites (N-methyl/N-ethyl adjacent to an activating group) is 1. The molecular formula is C15H23NO2. The maximum atomic E-state index is 12.4. The van der Waals surface area contributed by atoms with E-state index in [-0.39, 0.29) is 11.9 Å². The first-order chi connectivity index (χ1) is 8.33. The molecule has 1 aromatic rings. The number of benzene rings is 1. The molecule has 0 heterocycles. The molecule has 0 fully saturated rings. The molecule has 3 nitrogen and oxygen atoms in total. The van der Waals surface area contributed by atoms with Crippen LogP contribution < -0.4 is 0 Å². The summed E-state index contributed by atoms with van der Waals surface area (Å²) in [5.41, 5.74) is 0.290. The standard InChI is InChI=1S/C15H23NO2/c1-12(17)10-16(4)11-15(2,3)14(18)13-8-6-5-7-9-13/h5-9,12,17H,10-11H2,1-4H3. The van der Waals surface area contributed by atoms with Crippen molar-refractivity contribution in [3.63, 3.8) is 0 Å². The molecule has 0 spiro atoms. The third-order valence-electron chi connectivity index (χ3n) is 2.89. The fourth-order valence-electron chi connectivity index (χ4n) is 2.24. The number of hydrogen-bond acceptors (Lipinski definition) is 3. The van der Waals surface area contributed by atoms with E-state index < -0.39 is 5.41 Å². The number of nitrogens with zero attached hydrogens (tertiary/aromatic N) is 1. The highest BCUT2D eigenvalue weighted by Gasteiger charge is 2.29. The monoisotopic (exact) mass is 249 g/mol. The molecule has 100 valence electrons. The van der Waals surface area contributed by atoms with Crippen LogP contribution in [0, 0.1) is 5.41 Å². The second-order valence-electron chi connectivity index (χ2n) is 5.62. The van der Waals surface area contributed by atoms with Crippen LogP contribution in [0.1, 0.15) is 31.1 Å². The van der Waals surface area contributed by atoms with Crippen molar-refractivity contribution in [1.29, 1.82) is 0 Å². The third kappa shape index (κ3) is 4.24. The van der Waals surface area contributed by atoms with Gasteiger partial charge in [-0.1, -0.05) is 44.2 Å². The Hall–Kier alpha value is -1.19. The molecule has 0 aliphatic carbocycles. The number of aliphatic hydroxyl groups excluding tert-OH is 1. The lowest BCUT2D eigenvalue weighted by Gasteiger charge is -2.29. The fourth-order valence-corrected chi connectivity index (χ4v) is 2.24. The van der Waals surface area contributed by atoms with Crippen LogP contribution in [0.4, 0.5) is 0 Å². The molecule has 3 heteroatoms. The minimum absolute atomic E-state index is 0.139. The smallest absolute Gasteiger partial charge is 0.169 e. The molecule has 0 saturated heterocycles. The van der Waals surface area contributed by atoms with E-state index in [1.165, 1.54) is 0 Å². The fraction of sp³-hybridized carbons (Fsp3) is 0.533. The van der Waals surface area contributed by atoms with E-state index in [4.69, 9.17) is 0 Å². The van der Waals surface area contributed by atoms with Gasteiger partial charge in [-0.15, -0.1) is 0 Å². The third-order valence-corrected chi connectivity index (χ3v) is 2.89. The Morgan fingerprint density at radius 3 is 2.39 bits per heavy atom. The van der Waals surface area contributed by atoms with Gasteiger partial charge in [-0.2, -0.15) is 0 Å². The first kappa shape index (κ1) is 14.9. The molecule has 0 amide bonds. The highest BCUT2D eigenvalue weighted by molar-refractivity contribution is 6.00. The van der Waals surface area contributed by atoms with Crippen LogP contribution in [-0.2, 0) is 0 Å². The number of hydrogen-bond donors (Lipinski definition) is 1. The van der Waals surface area contributed by atoms with Gasteiger partial charge in [0.2, 0.25) is 0 Å². The zero-order chi connectivity index (χ0) is 13.8. The van der Waals surface area contributed by atoms with Crippen LogP contribution in [0.5, 0.6) is 0 Å². The first-order valence-electron chi connectivity index (χ1n) is 6.29. The van der Waals surface area contributed by atoms with E-state index in [1.807, 2.05) is 56.1 Å². The Morgan fingerprint density at radius 1 is 1.33 bits per heavy atom. The summed E-state index contributed by atoms with van der Waals surface area (Å²) in [6.45, 7) is 6.85. The van der Waals surface area contributed by atoms with Crippen molar-refractivity contribution in [3.8, 4) is 0 Å². The van der Waals surface area contributed by atoms with Crippen molar-refractivity contribution in [2.45, 2.75) is 26.9 Å². The van der Waals surface area contributed by atoms with Gasteiger partial charge in [-0.05, 0) is 14.0 Å². The molecule has 18 heavy (non-hydrogen) atoms. The summed E-state index contributed by atoms with van der Waals surface area (Å²) in [6, 6.07) is 9.35. The number of rotatable bonds is 6. The Balaban J connectivity index is 2.71. The Kier molecular flexibility index (Phi) is 5.05. The molecule has 0 aromatic heterocycles. The molecule has 1 unspecified atom stereocenters. The zero-order valence-corrected chi connectivity index (χ0v) is 11.7. The maximum Gasteiger partial charge on any atom is 0.169 e. The van der Waals surface area contributed by atoms with Gasteiger partial charge >= 0.3 is 0 Å². The predicted octanol–water partition coefficient (Wildman–Crippen LogP) is 2.21. The summed E-state index contributed by atoms with van der Waals surface area (Å²) in [7, 11) is 1.92. The molecule has 0 aliphatic rings. The Labute approximate surface area is 109 Å². The second kappa shape index (κ2) is 6.12. The van der Waals surface area contributed by atoms with Crippen molar-refractivity contribution in [2.75, 3.05) is 20.1 Å². The molecule has 0 saturated carbocycles. The number of Topliss-reactive ketones (excluding diaryl/α,β-unsaturated/α-hetero) is 1. The van der Waals surface area contributed by atoms with Crippen molar-refractivity contribution in [3.05, 3.63) is 35.9 Å². The van der Waals surface area contributed by atoms with E-state index >= 15 is 0 Å². The van der Waals surface area contributed by atoms with Crippen LogP contribution in [0.15, 0.2) is 30.3 Å². The van der Waals surface area contributed by atoms with Gasteiger partial charge in [0.15, 0.2) is 5.78 Å². The molecule has 1 aromatic carbocycles. The lowest BCUT2D eigenvalue weighted by Crippen LogP contribution is -2.40. The highest BCUT2D eigenvalue weighted by atomic mass is 16.3. The Bertz CT molecular complexity index is 385. The maximum absolute atomic E-state index is 12.4. The SMILES string of the molecule is CC(O)CN(C)CC(C)(C)C(=O)c1ccccc1. The predicted molar refractivity (Wildman–Crippen MR) is 73.7 cm³/mol. The summed E-state index contributed by atoms with van der Waals surface area (Å²) in [6.07, 6.45) is -0.377. The second-order valence-corrected chi connectivity index (χ2v) is 5.62. The van der Waals surface area contributed by atoms with Gasteiger partial charge in [0.25, 0.3) is 0 Å². The van der Waals surface area contributed by atoms with E-state index in [0.29, 0.717) is 13.1 Å². The van der Waals surface area contributed by atoms with Crippen LogP contribution in [-0.4, -0.2) is 42.0 Å². The topological polar surface area (TPSA) is 40.5 Å². The molecular weight excluding hydrogens is 226 g/mol. The van der Waals surface area contributed by atoms with Crippen molar-refractivity contribution in [2.24, 2.45) is 5.41 Å². The van der Waals surface area contributed by atoms with Crippen LogP contribution in [0.2, 0.25) is 0 Å². The van der Waals surface area contributed by atoms with E-state index in [1.54, 1.807) is 6.92 Å². The molecule has 1 rings (SSSR count). The van der Waals surface area contributed by atoms with Crippen LogP contribution in [0.25, 0.3) is 0 Å². The molecule has 1 atom stereocenters. The normalized spacial score (nSPS) is 13.7. The molecule has 0 radical (unpaired) electrons. The largest absolute Gasteiger partial charge is 0.392 e. The highest BCUT2D eigenvalue weighted by Crippen LogP contribution is 2.23. The van der Waals surface area contributed by atoms with Gasteiger partial charge < -0.3 is 10.0 Å². The van der Waals surface area contributed by atoms with Gasteiger partial charge in [0.05, 0.1) is 6.10 Å². The minimum Gasteiger partial charge on any atom is -0.392 e. The molecule has 0 bridgehead atoms. The van der Waals surface area contributed by atoms with Gasteiger partial charge in [-0.3, -0.25) is 4.79 Å². The van der Waals surface area contributed by atoms with E-state index in [2.05, 4.69) is 0 Å². The van der Waals surface area contributed by atoms with E-state index in [9.17, 15) is 9.90 Å². The summed E-state index contributed by atoms with van der Waals surface area (Å²) in [5, 5.41) is 9.35. The summed E-state index contributed by atoms with van der Waals surface area (Å²) in [5.74, 6) is 0.139. The summed E-state index contributed by atoms with van der Waals surface area (Å²) < 4.78 is 0. The molecule has 0 aliphatic heterocycles. The van der Waals surface area contributed by atoms with Crippen molar-refractivity contribution in [1.82, 2.24) is 4.90 Å². The average Bonchev–Trinajstić information content (AvgIpc) is 2.27. The lowest BCUT2D eigenvalue weighted by atomic mass is 9.83. The first-order valence-corrected chi connectivity index (χ1v) is 6.29. The number of aliphatic hydroxyl groups is 1. The minimum atomic E-state index is -0.453. The lowest BCUT2D eigenvalue weighted by molar-refractivity contribution is 0.0729. The quantitative estimate of drug-likeness (QED) is 0.786. The van der Waals surface area contributed by atoms with Gasteiger partial charge in [0.1, 0.15) is 0 Å². The average molecular weight is 249 g/mol. The Morgan fingerprint density at radius 2 is 1.89 bits per heavy atom.